The van der Waals surface area contributed by atoms with Crippen LogP contribution in [0.15, 0.2) is 12.1 Å². The van der Waals surface area contributed by atoms with Crippen LogP contribution >= 0.6 is 11.6 Å². The minimum absolute atomic E-state index is 0.0637. The van der Waals surface area contributed by atoms with E-state index in [0.717, 1.165) is 6.07 Å². The highest BCUT2D eigenvalue weighted by Crippen LogP contribution is 2.37. The Hall–Kier alpha value is -1.23. The van der Waals surface area contributed by atoms with Gasteiger partial charge in [-0.15, -0.1) is 0 Å². The molecule has 0 aromatic heterocycles. The van der Waals surface area contributed by atoms with Crippen LogP contribution in [0, 0.1) is 11.7 Å². The van der Waals surface area contributed by atoms with Gasteiger partial charge in [0.15, 0.2) is 5.78 Å². The van der Waals surface area contributed by atoms with E-state index in [2.05, 4.69) is 0 Å². The Labute approximate surface area is 126 Å². The number of hydrogen-bond acceptors (Lipinski definition) is 2. The molecule has 1 aromatic carbocycles. The zero-order valence-electron chi connectivity index (χ0n) is 11.6. The lowest BCUT2D eigenvalue weighted by Gasteiger charge is -2.28. The maximum Gasteiger partial charge on any atom is 0.248 e. The largest absolute Gasteiger partial charge is 0.492 e. The maximum absolute atomic E-state index is 13.7. The summed E-state index contributed by atoms with van der Waals surface area (Å²) in [6.07, 6.45) is 0.790. The minimum Gasteiger partial charge on any atom is -0.492 e. The summed E-state index contributed by atoms with van der Waals surface area (Å²) in [5.41, 5.74) is -0.114. The summed E-state index contributed by atoms with van der Waals surface area (Å²) in [4.78, 5) is 11.2. The van der Waals surface area contributed by atoms with Crippen molar-refractivity contribution in [3.8, 4) is 5.75 Å². The molecule has 21 heavy (non-hydrogen) atoms. The van der Waals surface area contributed by atoms with Crippen LogP contribution in [0.1, 0.15) is 43.0 Å². The molecule has 1 aliphatic rings. The third-order valence-electron chi connectivity index (χ3n) is 3.62. The number of benzene rings is 1. The van der Waals surface area contributed by atoms with Crippen LogP contribution in [0.25, 0.3) is 0 Å². The Kier molecular flexibility index (Phi) is 4.81. The van der Waals surface area contributed by atoms with E-state index in [1.165, 1.54) is 13.0 Å². The Morgan fingerprint density at radius 2 is 2.19 bits per heavy atom. The molecule has 1 aromatic rings. The fraction of sp³-hybridized carbons (Fsp3) is 0.533. The van der Waals surface area contributed by atoms with Crippen molar-refractivity contribution >= 4 is 17.4 Å². The maximum atomic E-state index is 13.7. The highest BCUT2D eigenvalue weighted by atomic mass is 35.5. The van der Waals surface area contributed by atoms with Crippen molar-refractivity contribution < 1.29 is 22.7 Å². The normalized spacial score (nSPS) is 21.1. The summed E-state index contributed by atoms with van der Waals surface area (Å²) in [6.45, 7) is 1.30. The Balaban J connectivity index is 2.03. The monoisotopic (exact) mass is 320 g/mol. The summed E-state index contributed by atoms with van der Waals surface area (Å²) in [5.74, 6) is -4.02. The number of hydrogen-bond donors (Lipinski definition) is 0. The summed E-state index contributed by atoms with van der Waals surface area (Å²) >= 11 is 5.93. The molecule has 6 heteroatoms. The third kappa shape index (κ3) is 4.13. The highest BCUT2D eigenvalue weighted by molar-refractivity contribution is 6.32. The first-order valence-corrected chi connectivity index (χ1v) is 7.17. The molecule has 0 saturated heterocycles. The van der Waals surface area contributed by atoms with Gasteiger partial charge in [0.25, 0.3) is 0 Å². The van der Waals surface area contributed by atoms with Crippen molar-refractivity contribution in [2.24, 2.45) is 5.92 Å². The number of ketones is 1. The van der Waals surface area contributed by atoms with E-state index in [1.54, 1.807) is 0 Å². The fourth-order valence-electron chi connectivity index (χ4n) is 2.53. The van der Waals surface area contributed by atoms with Gasteiger partial charge in [-0.3, -0.25) is 4.79 Å². The second-order valence-corrected chi connectivity index (χ2v) is 5.86. The molecule has 1 aliphatic carbocycles. The standard InChI is InChI=1S/C15H16ClF3O2/c1-9(20)11-5-12(16)14(6-13(11)17)21-8-10-3-2-4-15(18,19)7-10/h5-6,10H,2-4,7-8H2,1H3. The van der Waals surface area contributed by atoms with Gasteiger partial charge in [0.2, 0.25) is 5.92 Å². The molecule has 0 aliphatic heterocycles. The second-order valence-electron chi connectivity index (χ2n) is 5.45. The summed E-state index contributed by atoms with van der Waals surface area (Å²) < 4.78 is 45.6. The second kappa shape index (κ2) is 6.26. The topological polar surface area (TPSA) is 26.3 Å². The highest BCUT2D eigenvalue weighted by Gasteiger charge is 2.36. The van der Waals surface area contributed by atoms with Crippen molar-refractivity contribution in [1.82, 2.24) is 0 Å². The molecule has 1 saturated carbocycles. The van der Waals surface area contributed by atoms with Gasteiger partial charge in [-0.05, 0) is 31.7 Å². The molecule has 0 heterocycles. The van der Waals surface area contributed by atoms with Crippen molar-refractivity contribution in [3.05, 3.63) is 28.5 Å². The van der Waals surface area contributed by atoms with E-state index in [0.29, 0.717) is 12.8 Å². The average molecular weight is 321 g/mol. The summed E-state index contributed by atoms with van der Waals surface area (Å²) in [6, 6.07) is 2.23. The first-order valence-electron chi connectivity index (χ1n) is 6.79. The molecular weight excluding hydrogens is 305 g/mol. The first kappa shape index (κ1) is 16.1. The first-order chi connectivity index (χ1) is 9.78. The SMILES string of the molecule is CC(=O)c1cc(Cl)c(OCC2CCCC(F)(F)C2)cc1F. The van der Waals surface area contributed by atoms with E-state index < -0.39 is 17.5 Å². The predicted octanol–water partition coefficient (Wildman–Crippen LogP) is 4.89. The van der Waals surface area contributed by atoms with Crippen LogP contribution in [0.5, 0.6) is 5.75 Å². The van der Waals surface area contributed by atoms with Gasteiger partial charge in [0, 0.05) is 18.9 Å². The molecule has 2 nitrogen and oxygen atoms in total. The predicted molar refractivity (Wildman–Crippen MR) is 73.8 cm³/mol. The zero-order chi connectivity index (χ0) is 15.6. The molecule has 0 amide bonds. The van der Waals surface area contributed by atoms with E-state index in [1.807, 2.05) is 0 Å². The quantitative estimate of drug-likeness (QED) is 0.739. The number of carbonyl (C=O) groups is 1. The molecule has 116 valence electrons. The lowest BCUT2D eigenvalue weighted by atomic mass is 9.87. The van der Waals surface area contributed by atoms with Gasteiger partial charge < -0.3 is 4.74 Å². The average Bonchev–Trinajstić information content (AvgIpc) is 2.38. The molecule has 0 spiro atoms. The lowest BCUT2D eigenvalue weighted by Crippen LogP contribution is -2.29. The number of Topliss-reactive ketones (excluding diaryl/α,β-unsaturated/α-hetero) is 1. The molecule has 0 bridgehead atoms. The van der Waals surface area contributed by atoms with Crippen molar-refractivity contribution in [2.75, 3.05) is 6.61 Å². The van der Waals surface area contributed by atoms with Gasteiger partial charge in [0.05, 0.1) is 17.2 Å². The number of carbonyl (C=O) groups excluding carboxylic acids is 1. The third-order valence-corrected chi connectivity index (χ3v) is 3.91. The number of halogens is 4. The van der Waals surface area contributed by atoms with Crippen LogP contribution in [-0.2, 0) is 0 Å². The smallest absolute Gasteiger partial charge is 0.248 e. The fourth-order valence-corrected chi connectivity index (χ4v) is 2.75. The van der Waals surface area contributed by atoms with Crippen LogP contribution in [0.2, 0.25) is 5.02 Å². The molecule has 1 atom stereocenters. The number of rotatable bonds is 4. The molecule has 0 N–H and O–H groups in total. The van der Waals surface area contributed by atoms with E-state index in [9.17, 15) is 18.0 Å². The van der Waals surface area contributed by atoms with Crippen LogP contribution in [0.4, 0.5) is 13.2 Å². The number of alkyl halides is 2. The molecule has 1 unspecified atom stereocenters. The number of ether oxygens (including phenoxy) is 1. The van der Waals surface area contributed by atoms with Crippen LogP contribution in [-0.4, -0.2) is 18.3 Å². The Bertz CT molecular complexity index is 546. The summed E-state index contributed by atoms with van der Waals surface area (Å²) in [7, 11) is 0. The molecule has 2 rings (SSSR count). The van der Waals surface area contributed by atoms with E-state index in [4.69, 9.17) is 16.3 Å². The van der Waals surface area contributed by atoms with Gasteiger partial charge in [-0.1, -0.05) is 11.6 Å². The van der Waals surface area contributed by atoms with Crippen molar-refractivity contribution in [1.29, 1.82) is 0 Å². The summed E-state index contributed by atoms with van der Waals surface area (Å²) in [5, 5.41) is 0.101. The van der Waals surface area contributed by atoms with Crippen molar-refractivity contribution in [3.63, 3.8) is 0 Å². The van der Waals surface area contributed by atoms with Gasteiger partial charge >= 0.3 is 0 Å². The molecule has 0 radical (unpaired) electrons. The van der Waals surface area contributed by atoms with Crippen molar-refractivity contribution in [2.45, 2.75) is 38.5 Å². The zero-order valence-corrected chi connectivity index (χ0v) is 12.4. The Morgan fingerprint density at radius 3 is 2.81 bits per heavy atom. The van der Waals surface area contributed by atoms with E-state index in [-0.39, 0.29) is 41.7 Å². The lowest BCUT2D eigenvalue weighted by molar-refractivity contribution is -0.0585. The van der Waals surface area contributed by atoms with Crippen LogP contribution < -0.4 is 4.74 Å². The van der Waals surface area contributed by atoms with E-state index >= 15 is 0 Å². The Morgan fingerprint density at radius 1 is 1.48 bits per heavy atom. The van der Waals surface area contributed by atoms with Crippen LogP contribution in [0.3, 0.4) is 0 Å². The van der Waals surface area contributed by atoms with Gasteiger partial charge in [-0.25, -0.2) is 13.2 Å². The molecular formula is C15H16ClF3O2. The molecule has 1 fully saturated rings. The van der Waals surface area contributed by atoms with Gasteiger partial charge in [0.1, 0.15) is 11.6 Å². The minimum atomic E-state index is -2.65. The van der Waals surface area contributed by atoms with Gasteiger partial charge in [-0.2, -0.15) is 0 Å².